The van der Waals surface area contributed by atoms with E-state index in [-0.39, 0.29) is 17.6 Å². The number of nitrogens with zero attached hydrogens (tertiary/aromatic N) is 2. The SMILES string of the molecule is O=C(c1cc2cc(F)ccc2s1)N1CCC[C@H](c2nc3ccccc3s2)C1. The maximum Gasteiger partial charge on any atom is 0.263 e. The van der Waals surface area contributed by atoms with Gasteiger partial charge in [0.2, 0.25) is 0 Å². The molecule has 0 N–H and O–H groups in total. The van der Waals surface area contributed by atoms with Crippen LogP contribution in [0.4, 0.5) is 4.39 Å². The van der Waals surface area contributed by atoms with Gasteiger partial charge in [0.15, 0.2) is 0 Å². The normalized spacial score (nSPS) is 17.7. The zero-order valence-electron chi connectivity index (χ0n) is 14.5. The smallest absolute Gasteiger partial charge is 0.263 e. The standard InChI is InChI=1S/C21H17FN2OS2/c22-15-7-8-17-14(10-15)11-19(26-17)21(25)24-9-3-4-13(12-24)20-23-16-5-1-2-6-18(16)27-20/h1-2,5-8,10-11,13H,3-4,9,12H2/t13-/m0/s1. The van der Waals surface area contributed by atoms with Crippen molar-refractivity contribution in [1.82, 2.24) is 9.88 Å². The Bertz CT molecular complexity index is 1120. The molecule has 1 aliphatic heterocycles. The van der Waals surface area contributed by atoms with Crippen LogP contribution in [0, 0.1) is 5.82 Å². The molecule has 4 aromatic rings. The third-order valence-corrected chi connectivity index (χ3v) is 7.36. The Morgan fingerprint density at radius 2 is 2.00 bits per heavy atom. The molecule has 5 rings (SSSR count). The molecule has 0 saturated carbocycles. The Morgan fingerprint density at radius 1 is 1.11 bits per heavy atom. The van der Waals surface area contributed by atoms with Crippen molar-refractivity contribution in [2.75, 3.05) is 13.1 Å². The molecule has 2 aromatic heterocycles. The van der Waals surface area contributed by atoms with Crippen LogP contribution in [-0.2, 0) is 0 Å². The van der Waals surface area contributed by atoms with Gasteiger partial charge in [-0.1, -0.05) is 12.1 Å². The molecule has 27 heavy (non-hydrogen) atoms. The number of thiophene rings is 1. The van der Waals surface area contributed by atoms with Gasteiger partial charge in [-0.3, -0.25) is 4.79 Å². The van der Waals surface area contributed by atoms with Gasteiger partial charge in [-0.2, -0.15) is 0 Å². The number of likely N-dealkylation sites (tertiary alicyclic amines) is 1. The summed E-state index contributed by atoms with van der Waals surface area (Å²) in [5, 5.41) is 1.91. The van der Waals surface area contributed by atoms with E-state index in [1.807, 2.05) is 29.2 Å². The third-order valence-electron chi connectivity index (χ3n) is 5.06. The van der Waals surface area contributed by atoms with Crippen molar-refractivity contribution in [3.63, 3.8) is 0 Å². The van der Waals surface area contributed by atoms with Gasteiger partial charge in [-0.15, -0.1) is 22.7 Å². The van der Waals surface area contributed by atoms with Crippen LogP contribution in [0.25, 0.3) is 20.3 Å². The number of rotatable bonds is 2. The van der Waals surface area contributed by atoms with Gasteiger partial charge in [0.25, 0.3) is 5.91 Å². The molecule has 1 amide bonds. The summed E-state index contributed by atoms with van der Waals surface area (Å²) in [7, 11) is 0. The lowest BCUT2D eigenvalue weighted by Crippen LogP contribution is -2.38. The summed E-state index contributed by atoms with van der Waals surface area (Å²) < 4.78 is 15.6. The van der Waals surface area contributed by atoms with Crippen molar-refractivity contribution in [3.05, 3.63) is 64.2 Å². The summed E-state index contributed by atoms with van der Waals surface area (Å²) in [5.41, 5.74) is 1.03. The Kier molecular flexibility index (Phi) is 4.17. The fourth-order valence-electron chi connectivity index (χ4n) is 3.70. The molecule has 6 heteroatoms. The molecule has 1 fully saturated rings. The van der Waals surface area contributed by atoms with Crippen LogP contribution in [0.5, 0.6) is 0 Å². The van der Waals surface area contributed by atoms with E-state index in [0.717, 1.165) is 40.0 Å². The van der Waals surface area contributed by atoms with Crippen molar-refractivity contribution < 1.29 is 9.18 Å². The van der Waals surface area contributed by atoms with E-state index >= 15 is 0 Å². The van der Waals surface area contributed by atoms with E-state index in [2.05, 4.69) is 6.07 Å². The summed E-state index contributed by atoms with van der Waals surface area (Å²) in [4.78, 5) is 20.4. The van der Waals surface area contributed by atoms with Crippen LogP contribution in [0.15, 0.2) is 48.5 Å². The highest BCUT2D eigenvalue weighted by atomic mass is 32.1. The Morgan fingerprint density at radius 3 is 2.89 bits per heavy atom. The minimum absolute atomic E-state index is 0.0439. The first-order valence-corrected chi connectivity index (χ1v) is 10.6. The molecule has 0 unspecified atom stereocenters. The number of benzene rings is 2. The molecule has 0 aliphatic carbocycles. The van der Waals surface area contributed by atoms with Crippen LogP contribution in [0.2, 0.25) is 0 Å². The van der Waals surface area contributed by atoms with Crippen LogP contribution in [-0.4, -0.2) is 28.9 Å². The summed E-state index contributed by atoms with van der Waals surface area (Å²) in [6, 6.07) is 14.7. The molecule has 3 heterocycles. The molecule has 1 saturated heterocycles. The average Bonchev–Trinajstić information content (AvgIpc) is 3.31. The number of piperidine rings is 1. The molecule has 0 radical (unpaired) electrons. The monoisotopic (exact) mass is 396 g/mol. The van der Waals surface area contributed by atoms with Gasteiger partial charge >= 0.3 is 0 Å². The van der Waals surface area contributed by atoms with Crippen LogP contribution >= 0.6 is 22.7 Å². The van der Waals surface area contributed by atoms with Crippen molar-refractivity contribution in [3.8, 4) is 0 Å². The topological polar surface area (TPSA) is 33.2 Å². The Hall–Kier alpha value is -2.31. The van der Waals surface area contributed by atoms with Gasteiger partial charge in [-0.05, 0) is 54.6 Å². The highest BCUT2D eigenvalue weighted by Gasteiger charge is 2.28. The first-order valence-electron chi connectivity index (χ1n) is 9.01. The van der Waals surface area contributed by atoms with Gasteiger partial charge in [-0.25, -0.2) is 9.37 Å². The number of amides is 1. The summed E-state index contributed by atoms with van der Waals surface area (Å²) >= 11 is 3.17. The number of hydrogen-bond acceptors (Lipinski definition) is 4. The number of para-hydroxylation sites is 1. The van der Waals surface area contributed by atoms with Gasteiger partial charge in [0.1, 0.15) is 5.82 Å². The minimum Gasteiger partial charge on any atom is -0.337 e. The minimum atomic E-state index is -0.270. The van der Waals surface area contributed by atoms with Gasteiger partial charge in [0.05, 0.1) is 20.1 Å². The number of thiazole rings is 1. The molecular formula is C21H17FN2OS2. The average molecular weight is 397 g/mol. The zero-order valence-corrected chi connectivity index (χ0v) is 16.2. The van der Waals surface area contributed by atoms with E-state index in [0.29, 0.717) is 11.4 Å². The first kappa shape index (κ1) is 16.8. The molecule has 3 nitrogen and oxygen atoms in total. The van der Waals surface area contributed by atoms with Gasteiger partial charge in [0, 0.05) is 23.7 Å². The second kappa shape index (κ2) is 6.69. The lowest BCUT2D eigenvalue weighted by molar-refractivity contribution is 0.0712. The maximum absolute atomic E-state index is 13.4. The van der Waals surface area contributed by atoms with E-state index in [4.69, 9.17) is 4.98 Å². The second-order valence-electron chi connectivity index (χ2n) is 6.90. The number of hydrogen-bond donors (Lipinski definition) is 0. The number of aromatic nitrogens is 1. The molecule has 0 spiro atoms. The second-order valence-corrected chi connectivity index (χ2v) is 9.05. The predicted molar refractivity (Wildman–Crippen MR) is 109 cm³/mol. The quantitative estimate of drug-likeness (QED) is 0.437. The molecular weight excluding hydrogens is 379 g/mol. The fraction of sp³-hybridized carbons (Fsp3) is 0.238. The number of carbonyl (C=O) groups excluding carboxylic acids is 1. The van der Waals surface area contributed by atoms with E-state index in [1.54, 1.807) is 17.4 Å². The number of halogens is 1. The summed E-state index contributed by atoms with van der Waals surface area (Å²) in [6.45, 7) is 1.46. The van der Waals surface area contributed by atoms with Crippen molar-refractivity contribution >= 4 is 48.9 Å². The van der Waals surface area contributed by atoms with E-state index in [9.17, 15) is 9.18 Å². The Labute approximate surface area is 164 Å². The summed E-state index contributed by atoms with van der Waals surface area (Å²) in [6.07, 6.45) is 2.03. The van der Waals surface area contributed by atoms with Crippen LogP contribution < -0.4 is 0 Å². The highest BCUT2D eigenvalue weighted by molar-refractivity contribution is 7.20. The first-order chi connectivity index (χ1) is 13.2. The predicted octanol–water partition coefficient (Wildman–Crippen LogP) is 5.67. The Balaban J connectivity index is 1.40. The maximum atomic E-state index is 13.4. The molecule has 0 bridgehead atoms. The van der Waals surface area contributed by atoms with Gasteiger partial charge < -0.3 is 4.90 Å². The molecule has 1 aliphatic rings. The van der Waals surface area contributed by atoms with Crippen molar-refractivity contribution in [1.29, 1.82) is 0 Å². The largest absolute Gasteiger partial charge is 0.337 e. The number of fused-ring (bicyclic) bond motifs is 2. The van der Waals surface area contributed by atoms with Crippen molar-refractivity contribution in [2.45, 2.75) is 18.8 Å². The van der Waals surface area contributed by atoms with E-state index in [1.165, 1.54) is 28.2 Å². The highest BCUT2D eigenvalue weighted by Crippen LogP contribution is 2.34. The third kappa shape index (κ3) is 3.13. The summed E-state index contributed by atoms with van der Waals surface area (Å²) in [5.74, 6) is 0.0579. The van der Waals surface area contributed by atoms with Crippen molar-refractivity contribution in [2.24, 2.45) is 0 Å². The lowest BCUT2D eigenvalue weighted by atomic mass is 9.98. The zero-order chi connectivity index (χ0) is 18.4. The molecule has 2 aromatic carbocycles. The lowest BCUT2D eigenvalue weighted by Gasteiger charge is -2.31. The van der Waals surface area contributed by atoms with Crippen LogP contribution in [0.1, 0.15) is 33.4 Å². The fourth-order valence-corrected chi connectivity index (χ4v) is 5.81. The van der Waals surface area contributed by atoms with E-state index < -0.39 is 0 Å². The molecule has 136 valence electrons. The van der Waals surface area contributed by atoms with Crippen LogP contribution in [0.3, 0.4) is 0 Å². The number of carbonyl (C=O) groups is 1. The molecule has 1 atom stereocenters.